The number of carbonyl (C=O) groups excluding carboxylic acids is 2. The molecule has 2 aromatic rings. The van der Waals surface area contributed by atoms with E-state index in [9.17, 15) is 9.59 Å². The van der Waals surface area contributed by atoms with Gasteiger partial charge in [-0.1, -0.05) is 0 Å². The Morgan fingerprint density at radius 3 is 1.91 bits per heavy atom. The number of carbonyl (C=O) groups is 2. The Labute approximate surface area is 201 Å². The molecule has 0 spiro atoms. The second kappa shape index (κ2) is 13.9. The van der Waals surface area contributed by atoms with Crippen LogP contribution in [0.1, 0.15) is 27.7 Å². The van der Waals surface area contributed by atoms with E-state index >= 15 is 0 Å². The molecule has 0 aromatic heterocycles. The number of nitrogens with zero attached hydrogens (tertiary/aromatic N) is 1. The van der Waals surface area contributed by atoms with E-state index in [1.165, 1.54) is 0 Å². The van der Waals surface area contributed by atoms with Crippen LogP contribution in [0.25, 0.3) is 0 Å². The smallest absolute Gasteiger partial charge is 0.238 e. The van der Waals surface area contributed by atoms with Crippen molar-refractivity contribution in [3.8, 4) is 23.0 Å². The molecule has 9 nitrogen and oxygen atoms in total. The molecule has 0 aliphatic carbocycles. The van der Waals surface area contributed by atoms with Gasteiger partial charge in [0.2, 0.25) is 11.8 Å². The number of likely N-dealkylation sites (N-methyl/N-ethyl adjacent to an activating group) is 1. The van der Waals surface area contributed by atoms with Crippen LogP contribution in [0.2, 0.25) is 0 Å². The first-order valence-electron chi connectivity index (χ1n) is 11.5. The summed E-state index contributed by atoms with van der Waals surface area (Å²) in [5.41, 5.74) is 1.11. The van der Waals surface area contributed by atoms with E-state index in [0.29, 0.717) is 60.8 Å². The first kappa shape index (κ1) is 26.8. The van der Waals surface area contributed by atoms with Crippen LogP contribution in [0.4, 0.5) is 11.4 Å². The number of hydrogen-bond acceptors (Lipinski definition) is 7. The van der Waals surface area contributed by atoms with Gasteiger partial charge in [-0.15, -0.1) is 0 Å². The molecule has 0 unspecified atom stereocenters. The Kier molecular flexibility index (Phi) is 11.0. The standard InChI is InChI=1S/C25H35N3O6/c1-6-31-19-11-13-21(32-7-2)20(15-19)27-25(30)17-28(5)16-24(29)26-18-10-12-22(33-8-3)23(14-18)34-9-4/h10-15H,6-9,16-17H2,1-5H3,(H,26,29)(H,27,30). The van der Waals surface area contributed by atoms with Gasteiger partial charge in [0.1, 0.15) is 11.5 Å². The molecule has 2 amide bonds. The molecular weight excluding hydrogens is 438 g/mol. The van der Waals surface area contributed by atoms with E-state index in [4.69, 9.17) is 18.9 Å². The van der Waals surface area contributed by atoms with Gasteiger partial charge in [0.05, 0.1) is 45.2 Å². The first-order chi connectivity index (χ1) is 16.4. The Morgan fingerprint density at radius 2 is 1.26 bits per heavy atom. The number of amides is 2. The highest BCUT2D eigenvalue weighted by Crippen LogP contribution is 2.31. The quantitative estimate of drug-likeness (QED) is 0.431. The summed E-state index contributed by atoms with van der Waals surface area (Å²) >= 11 is 0. The van der Waals surface area contributed by atoms with Gasteiger partial charge in [-0.2, -0.15) is 0 Å². The predicted molar refractivity (Wildman–Crippen MR) is 132 cm³/mol. The van der Waals surface area contributed by atoms with E-state index in [1.807, 2.05) is 27.7 Å². The second-order valence-electron chi connectivity index (χ2n) is 7.32. The monoisotopic (exact) mass is 473 g/mol. The van der Waals surface area contributed by atoms with Crippen LogP contribution in [-0.2, 0) is 9.59 Å². The third-order valence-electron chi connectivity index (χ3n) is 4.49. The van der Waals surface area contributed by atoms with E-state index < -0.39 is 0 Å². The zero-order chi connectivity index (χ0) is 24.9. The zero-order valence-electron chi connectivity index (χ0n) is 20.6. The van der Waals surface area contributed by atoms with Gasteiger partial charge < -0.3 is 29.6 Å². The van der Waals surface area contributed by atoms with Crippen molar-refractivity contribution in [1.82, 2.24) is 4.90 Å². The number of nitrogens with one attached hydrogen (secondary N) is 2. The minimum atomic E-state index is -0.274. The van der Waals surface area contributed by atoms with Crippen LogP contribution in [0.3, 0.4) is 0 Å². The number of benzene rings is 2. The van der Waals surface area contributed by atoms with Crippen LogP contribution in [-0.4, -0.2) is 63.3 Å². The molecule has 0 bridgehead atoms. The van der Waals surface area contributed by atoms with Crippen molar-refractivity contribution in [3.05, 3.63) is 36.4 Å². The molecule has 9 heteroatoms. The second-order valence-corrected chi connectivity index (χ2v) is 7.32. The van der Waals surface area contributed by atoms with E-state index in [2.05, 4.69) is 10.6 Å². The van der Waals surface area contributed by atoms with Gasteiger partial charge in [0, 0.05) is 17.8 Å². The van der Waals surface area contributed by atoms with E-state index in [0.717, 1.165) is 0 Å². The Hall–Kier alpha value is -3.46. The van der Waals surface area contributed by atoms with Gasteiger partial charge in [-0.05, 0) is 59.0 Å². The topological polar surface area (TPSA) is 98.4 Å². The lowest BCUT2D eigenvalue weighted by Crippen LogP contribution is -2.36. The van der Waals surface area contributed by atoms with E-state index in [1.54, 1.807) is 48.3 Å². The van der Waals surface area contributed by atoms with Crippen molar-refractivity contribution in [2.75, 3.05) is 57.2 Å². The summed E-state index contributed by atoms with van der Waals surface area (Å²) in [5.74, 6) is 1.85. The fourth-order valence-corrected chi connectivity index (χ4v) is 3.21. The van der Waals surface area contributed by atoms with Crippen molar-refractivity contribution in [1.29, 1.82) is 0 Å². The van der Waals surface area contributed by atoms with Crippen molar-refractivity contribution in [2.45, 2.75) is 27.7 Å². The first-order valence-corrected chi connectivity index (χ1v) is 11.5. The fraction of sp³-hybridized carbons (Fsp3) is 0.440. The lowest BCUT2D eigenvalue weighted by atomic mass is 10.2. The van der Waals surface area contributed by atoms with Crippen LogP contribution in [0.15, 0.2) is 36.4 Å². The lowest BCUT2D eigenvalue weighted by Gasteiger charge is -2.18. The largest absolute Gasteiger partial charge is 0.494 e. The SMILES string of the molecule is CCOc1ccc(OCC)c(NC(=O)CN(C)CC(=O)Nc2ccc(OCC)c(OCC)c2)c1. The Bertz CT molecular complexity index is 950. The predicted octanol–water partition coefficient (Wildman–Crippen LogP) is 3.79. The van der Waals surface area contributed by atoms with Crippen LogP contribution >= 0.6 is 0 Å². The third kappa shape index (κ3) is 8.47. The minimum Gasteiger partial charge on any atom is -0.494 e. The molecule has 2 N–H and O–H groups in total. The molecule has 0 atom stereocenters. The summed E-state index contributed by atoms with van der Waals surface area (Å²) < 4.78 is 22.2. The molecule has 2 aromatic carbocycles. The summed E-state index contributed by atoms with van der Waals surface area (Å²) in [5, 5.41) is 5.67. The fourth-order valence-electron chi connectivity index (χ4n) is 3.21. The summed E-state index contributed by atoms with van der Waals surface area (Å²) in [6, 6.07) is 10.5. The maximum absolute atomic E-state index is 12.6. The molecule has 0 aliphatic rings. The minimum absolute atomic E-state index is 0.0192. The number of rotatable bonds is 14. The van der Waals surface area contributed by atoms with Crippen molar-refractivity contribution >= 4 is 23.2 Å². The third-order valence-corrected chi connectivity index (χ3v) is 4.49. The molecule has 186 valence electrons. The Balaban J connectivity index is 1.95. The van der Waals surface area contributed by atoms with Gasteiger partial charge in [-0.3, -0.25) is 14.5 Å². The molecule has 0 saturated heterocycles. The average molecular weight is 474 g/mol. The average Bonchev–Trinajstić information content (AvgIpc) is 2.77. The zero-order valence-corrected chi connectivity index (χ0v) is 20.6. The maximum atomic E-state index is 12.6. The highest BCUT2D eigenvalue weighted by molar-refractivity contribution is 5.95. The highest BCUT2D eigenvalue weighted by atomic mass is 16.5. The number of anilines is 2. The molecule has 0 saturated carbocycles. The van der Waals surface area contributed by atoms with Gasteiger partial charge in [0.15, 0.2) is 11.5 Å². The summed E-state index contributed by atoms with van der Waals surface area (Å²) in [6.07, 6.45) is 0. The van der Waals surface area contributed by atoms with Crippen molar-refractivity contribution in [3.63, 3.8) is 0 Å². The highest BCUT2D eigenvalue weighted by Gasteiger charge is 2.15. The molecular formula is C25H35N3O6. The summed E-state index contributed by atoms with van der Waals surface area (Å²) in [4.78, 5) is 26.7. The Morgan fingerprint density at radius 1 is 0.706 bits per heavy atom. The molecule has 0 heterocycles. The van der Waals surface area contributed by atoms with Gasteiger partial charge in [-0.25, -0.2) is 0 Å². The van der Waals surface area contributed by atoms with Crippen LogP contribution in [0.5, 0.6) is 23.0 Å². The van der Waals surface area contributed by atoms with Gasteiger partial charge in [0.25, 0.3) is 0 Å². The van der Waals surface area contributed by atoms with E-state index in [-0.39, 0.29) is 24.9 Å². The molecule has 34 heavy (non-hydrogen) atoms. The number of ether oxygens (including phenoxy) is 4. The van der Waals surface area contributed by atoms with Crippen molar-refractivity contribution in [2.24, 2.45) is 0 Å². The molecule has 0 fully saturated rings. The number of hydrogen-bond donors (Lipinski definition) is 2. The van der Waals surface area contributed by atoms with Crippen LogP contribution < -0.4 is 29.6 Å². The molecule has 0 aliphatic heterocycles. The summed E-state index contributed by atoms with van der Waals surface area (Å²) in [7, 11) is 1.70. The normalized spacial score (nSPS) is 10.5. The summed E-state index contributed by atoms with van der Waals surface area (Å²) in [6.45, 7) is 9.56. The van der Waals surface area contributed by atoms with Crippen molar-refractivity contribution < 1.29 is 28.5 Å². The van der Waals surface area contributed by atoms with Crippen LogP contribution in [0, 0.1) is 0 Å². The van der Waals surface area contributed by atoms with Gasteiger partial charge >= 0.3 is 0 Å². The molecule has 0 radical (unpaired) electrons. The molecule has 2 rings (SSSR count). The maximum Gasteiger partial charge on any atom is 0.238 e. The lowest BCUT2D eigenvalue weighted by molar-refractivity contribution is -0.119.